The molecule has 1 fully saturated rings. The predicted molar refractivity (Wildman–Crippen MR) is 104 cm³/mol. The van der Waals surface area contributed by atoms with Crippen molar-refractivity contribution in [3.8, 4) is 0 Å². The summed E-state index contributed by atoms with van der Waals surface area (Å²) in [4.78, 5) is 38.6. The third kappa shape index (κ3) is 3.55. The van der Waals surface area contributed by atoms with Crippen LogP contribution in [0.15, 0.2) is 42.5 Å². The average molecular weight is 424 g/mol. The zero-order valence-corrected chi connectivity index (χ0v) is 16.3. The number of hydrogen-bond acceptors (Lipinski definition) is 3. The molecule has 1 aliphatic rings. The quantitative estimate of drug-likeness (QED) is 0.715. The van der Waals surface area contributed by atoms with Crippen molar-refractivity contribution >= 4 is 46.7 Å². The Hall–Kier alpha value is -2.64. The molecule has 0 aromatic heterocycles. The van der Waals surface area contributed by atoms with Gasteiger partial charge < -0.3 is 10.6 Å². The van der Waals surface area contributed by atoms with Crippen LogP contribution >= 0.6 is 23.2 Å². The monoisotopic (exact) mass is 423 g/mol. The standard InChI is InChI=1S/C19H16Cl2FN3O3/c1-2-19(11-6-8-12(22)9-7-11)17(27)25(18(28)24-19)10-15(26)23-14-5-3-4-13(20)16(14)21/h3-9H,2,10H2,1H3,(H,23,26)(H,24,28). The second kappa shape index (κ2) is 7.77. The number of carbonyl (C=O) groups is 3. The molecule has 1 heterocycles. The Balaban J connectivity index is 1.80. The zero-order valence-electron chi connectivity index (χ0n) is 14.8. The molecule has 0 radical (unpaired) electrons. The van der Waals surface area contributed by atoms with E-state index in [0.717, 1.165) is 4.90 Å². The van der Waals surface area contributed by atoms with Crippen molar-refractivity contribution in [2.24, 2.45) is 0 Å². The Morgan fingerprint density at radius 3 is 2.50 bits per heavy atom. The third-order valence-electron chi connectivity index (χ3n) is 4.57. The number of carbonyl (C=O) groups excluding carboxylic acids is 3. The van der Waals surface area contributed by atoms with Crippen LogP contribution in [-0.2, 0) is 15.1 Å². The normalized spacial score (nSPS) is 18.9. The minimum absolute atomic E-state index is 0.156. The highest BCUT2D eigenvalue weighted by atomic mass is 35.5. The van der Waals surface area contributed by atoms with Gasteiger partial charge in [-0.25, -0.2) is 9.18 Å². The molecule has 1 atom stereocenters. The summed E-state index contributed by atoms with van der Waals surface area (Å²) in [5.74, 6) is -1.65. The molecule has 9 heteroatoms. The minimum Gasteiger partial charge on any atom is -0.323 e. The fourth-order valence-electron chi connectivity index (χ4n) is 3.08. The maximum absolute atomic E-state index is 13.2. The lowest BCUT2D eigenvalue weighted by Gasteiger charge is -2.25. The number of halogens is 3. The van der Waals surface area contributed by atoms with E-state index in [1.165, 1.54) is 24.3 Å². The number of benzene rings is 2. The SMILES string of the molecule is CCC1(c2ccc(F)cc2)NC(=O)N(CC(=O)Nc2cccc(Cl)c2Cl)C1=O. The number of rotatable bonds is 5. The van der Waals surface area contributed by atoms with Gasteiger partial charge in [0.15, 0.2) is 0 Å². The molecule has 2 N–H and O–H groups in total. The van der Waals surface area contributed by atoms with Crippen molar-refractivity contribution in [3.05, 3.63) is 63.9 Å². The first-order chi connectivity index (χ1) is 13.3. The van der Waals surface area contributed by atoms with Gasteiger partial charge in [0, 0.05) is 0 Å². The Morgan fingerprint density at radius 1 is 1.18 bits per heavy atom. The van der Waals surface area contributed by atoms with Gasteiger partial charge in [0.25, 0.3) is 5.91 Å². The van der Waals surface area contributed by atoms with Crippen molar-refractivity contribution in [2.45, 2.75) is 18.9 Å². The van der Waals surface area contributed by atoms with Crippen LogP contribution in [-0.4, -0.2) is 29.3 Å². The first-order valence-corrected chi connectivity index (χ1v) is 9.18. The number of anilines is 1. The molecule has 1 saturated heterocycles. The molecule has 3 rings (SSSR count). The molecule has 28 heavy (non-hydrogen) atoms. The van der Waals surface area contributed by atoms with E-state index >= 15 is 0 Å². The van der Waals surface area contributed by atoms with Gasteiger partial charge in [0.1, 0.15) is 17.9 Å². The first kappa shape index (κ1) is 20.1. The van der Waals surface area contributed by atoms with Crippen LogP contribution in [0, 0.1) is 5.82 Å². The lowest BCUT2D eigenvalue weighted by atomic mass is 9.87. The van der Waals surface area contributed by atoms with Gasteiger partial charge in [0.2, 0.25) is 5.91 Å². The smallest absolute Gasteiger partial charge is 0.323 e. The minimum atomic E-state index is -1.35. The van der Waals surface area contributed by atoms with Crippen molar-refractivity contribution in [2.75, 3.05) is 11.9 Å². The van der Waals surface area contributed by atoms with Gasteiger partial charge in [-0.3, -0.25) is 14.5 Å². The van der Waals surface area contributed by atoms with Crippen LogP contribution in [0.5, 0.6) is 0 Å². The third-order valence-corrected chi connectivity index (χ3v) is 5.39. The highest BCUT2D eigenvalue weighted by molar-refractivity contribution is 6.44. The maximum atomic E-state index is 13.2. The topological polar surface area (TPSA) is 78.5 Å². The van der Waals surface area contributed by atoms with E-state index in [4.69, 9.17) is 23.2 Å². The lowest BCUT2D eigenvalue weighted by Crippen LogP contribution is -2.44. The molecule has 146 valence electrons. The molecule has 1 aliphatic heterocycles. The van der Waals surface area contributed by atoms with Gasteiger partial charge in [0.05, 0.1) is 15.7 Å². The maximum Gasteiger partial charge on any atom is 0.325 e. The Morgan fingerprint density at radius 2 is 1.86 bits per heavy atom. The Labute approximate surface area is 170 Å². The van der Waals surface area contributed by atoms with E-state index in [0.29, 0.717) is 5.56 Å². The van der Waals surface area contributed by atoms with Crippen molar-refractivity contribution in [3.63, 3.8) is 0 Å². The van der Waals surface area contributed by atoms with Crippen molar-refractivity contribution < 1.29 is 18.8 Å². The molecule has 2 aromatic carbocycles. The van der Waals surface area contributed by atoms with E-state index in [1.54, 1.807) is 25.1 Å². The number of nitrogens with one attached hydrogen (secondary N) is 2. The van der Waals surface area contributed by atoms with Gasteiger partial charge in [-0.05, 0) is 36.2 Å². The summed E-state index contributed by atoms with van der Waals surface area (Å²) >= 11 is 11.9. The molecule has 1 unspecified atom stereocenters. The summed E-state index contributed by atoms with van der Waals surface area (Å²) in [6.45, 7) is 1.22. The van der Waals surface area contributed by atoms with Crippen molar-refractivity contribution in [1.29, 1.82) is 0 Å². The van der Waals surface area contributed by atoms with Crippen LogP contribution in [0.25, 0.3) is 0 Å². The summed E-state index contributed by atoms with van der Waals surface area (Å²) in [5.41, 5.74) is -0.638. The van der Waals surface area contributed by atoms with E-state index in [-0.39, 0.29) is 22.2 Å². The second-order valence-corrected chi connectivity index (χ2v) is 7.02. The number of hydrogen-bond donors (Lipinski definition) is 2. The van der Waals surface area contributed by atoms with Crippen LogP contribution in [0.3, 0.4) is 0 Å². The van der Waals surface area contributed by atoms with Gasteiger partial charge in [-0.15, -0.1) is 0 Å². The Kier molecular flexibility index (Phi) is 5.58. The van der Waals surface area contributed by atoms with Crippen LogP contribution < -0.4 is 10.6 Å². The summed E-state index contributed by atoms with van der Waals surface area (Å²) < 4.78 is 13.2. The summed E-state index contributed by atoms with van der Waals surface area (Å²) in [6, 6.07) is 9.31. The average Bonchev–Trinajstić information content (AvgIpc) is 2.91. The molecule has 4 amide bonds. The molecule has 6 nitrogen and oxygen atoms in total. The van der Waals surface area contributed by atoms with Crippen LogP contribution in [0.1, 0.15) is 18.9 Å². The Bertz CT molecular complexity index is 952. The highest BCUT2D eigenvalue weighted by Gasteiger charge is 2.51. The first-order valence-electron chi connectivity index (χ1n) is 8.42. The van der Waals surface area contributed by atoms with Gasteiger partial charge in [-0.1, -0.05) is 48.3 Å². The number of urea groups is 1. The van der Waals surface area contributed by atoms with E-state index in [1.807, 2.05) is 0 Å². The molecule has 0 spiro atoms. The molecule has 0 bridgehead atoms. The molecule has 0 saturated carbocycles. The molecule has 2 aromatic rings. The van der Waals surface area contributed by atoms with Crippen LogP contribution in [0.4, 0.5) is 14.9 Å². The fraction of sp³-hybridized carbons (Fsp3) is 0.211. The lowest BCUT2D eigenvalue weighted by molar-refractivity contribution is -0.134. The van der Waals surface area contributed by atoms with Gasteiger partial charge >= 0.3 is 6.03 Å². The predicted octanol–water partition coefficient (Wildman–Crippen LogP) is 3.93. The summed E-state index contributed by atoms with van der Waals surface area (Å²) in [6.07, 6.45) is 0.238. The summed E-state index contributed by atoms with van der Waals surface area (Å²) in [5, 5.41) is 5.58. The van der Waals surface area contributed by atoms with Gasteiger partial charge in [-0.2, -0.15) is 0 Å². The fourth-order valence-corrected chi connectivity index (χ4v) is 3.42. The van der Waals surface area contributed by atoms with Crippen LogP contribution in [0.2, 0.25) is 10.0 Å². The summed E-state index contributed by atoms with van der Waals surface area (Å²) in [7, 11) is 0. The molecular weight excluding hydrogens is 408 g/mol. The second-order valence-electron chi connectivity index (χ2n) is 6.24. The largest absolute Gasteiger partial charge is 0.325 e. The molecular formula is C19H16Cl2FN3O3. The zero-order chi connectivity index (χ0) is 20.5. The van der Waals surface area contributed by atoms with E-state index in [2.05, 4.69) is 10.6 Å². The van der Waals surface area contributed by atoms with E-state index in [9.17, 15) is 18.8 Å². The number of amides is 4. The number of imide groups is 1. The molecule has 0 aliphatic carbocycles. The van der Waals surface area contributed by atoms with E-state index < -0.39 is 35.7 Å². The number of nitrogens with zero attached hydrogens (tertiary/aromatic N) is 1. The van der Waals surface area contributed by atoms with Crippen molar-refractivity contribution in [1.82, 2.24) is 10.2 Å². The highest BCUT2D eigenvalue weighted by Crippen LogP contribution is 2.33.